The van der Waals surface area contributed by atoms with Crippen LogP contribution < -0.4 is 5.56 Å². The first-order valence-corrected chi connectivity index (χ1v) is 11.7. The number of hydrogen-bond acceptors (Lipinski definition) is 4. The average molecular weight is 481 g/mol. The molecule has 2 aromatic heterocycles. The molecule has 2 heterocycles. The smallest absolute Gasteiger partial charge is 0.263 e. The molecule has 8 heteroatoms. The maximum absolute atomic E-state index is 13.3. The number of para-hydroxylation sites is 1. The van der Waals surface area contributed by atoms with Gasteiger partial charge in [-0.25, -0.2) is 0 Å². The number of benzene rings is 3. The largest absolute Gasteiger partial charge is 0.272 e. The molecule has 5 nitrogen and oxygen atoms in total. The lowest BCUT2D eigenvalue weighted by Gasteiger charge is -2.12. The fourth-order valence-electron chi connectivity index (χ4n) is 3.65. The molecule has 3 aromatic carbocycles. The van der Waals surface area contributed by atoms with E-state index in [0.29, 0.717) is 38.7 Å². The second kappa shape index (κ2) is 8.62. The molecule has 5 aromatic rings. The highest BCUT2D eigenvalue weighted by Gasteiger charge is 2.18. The van der Waals surface area contributed by atoms with Crippen LogP contribution >= 0.6 is 35.0 Å². The first kappa shape index (κ1) is 21.1. The van der Waals surface area contributed by atoms with Gasteiger partial charge in [-0.15, -0.1) is 10.2 Å². The summed E-state index contributed by atoms with van der Waals surface area (Å²) in [6.07, 6.45) is 0. The van der Waals surface area contributed by atoms with E-state index in [2.05, 4.69) is 10.2 Å². The summed E-state index contributed by atoms with van der Waals surface area (Å²) in [5.74, 6) is 1.03. The number of fused-ring (bicyclic) bond motifs is 3. The molecule has 0 aliphatic rings. The molecule has 5 rings (SSSR count). The summed E-state index contributed by atoms with van der Waals surface area (Å²) < 4.78 is 3.60. The third-order valence-electron chi connectivity index (χ3n) is 5.35. The molecule has 32 heavy (non-hydrogen) atoms. The van der Waals surface area contributed by atoms with Gasteiger partial charge in [-0.1, -0.05) is 83.0 Å². The molecule has 0 fully saturated rings. The maximum atomic E-state index is 13.3. The molecule has 0 unspecified atom stereocenters. The third-order valence-corrected chi connectivity index (χ3v) is 7.01. The Morgan fingerprint density at radius 2 is 1.62 bits per heavy atom. The number of rotatable bonds is 5. The fraction of sp³-hybridized carbons (Fsp3) is 0.125. The molecule has 0 atom stereocenters. The van der Waals surface area contributed by atoms with E-state index in [4.69, 9.17) is 23.2 Å². The molecule has 0 saturated carbocycles. The van der Waals surface area contributed by atoms with Crippen molar-refractivity contribution in [3.8, 4) is 0 Å². The zero-order valence-corrected chi connectivity index (χ0v) is 19.5. The summed E-state index contributed by atoms with van der Waals surface area (Å²) in [6.45, 7) is 2.45. The van der Waals surface area contributed by atoms with E-state index in [0.717, 1.165) is 16.6 Å². The van der Waals surface area contributed by atoms with Crippen LogP contribution in [-0.2, 0) is 12.3 Å². The van der Waals surface area contributed by atoms with Gasteiger partial charge in [0.05, 0.1) is 17.4 Å². The van der Waals surface area contributed by atoms with Crippen molar-refractivity contribution in [3.05, 3.63) is 104 Å². The Balaban J connectivity index is 1.64. The van der Waals surface area contributed by atoms with Crippen LogP contribution in [0.5, 0.6) is 0 Å². The Kier molecular flexibility index (Phi) is 5.67. The molecule has 0 radical (unpaired) electrons. The van der Waals surface area contributed by atoms with Crippen LogP contribution in [0.3, 0.4) is 0 Å². The molecule has 0 amide bonds. The number of aromatic nitrogens is 4. The standard InChI is InChI=1S/C24H18Cl2N4OS/c1-15-9-11-16(12-10-15)13-29-22(31)17-5-2-3-8-21(17)30-23(29)27-28-24(30)32-14-18-19(25)6-4-7-20(18)26/h2-12H,13-14H2,1H3. The Morgan fingerprint density at radius 3 is 2.38 bits per heavy atom. The van der Waals surface area contributed by atoms with Gasteiger partial charge in [0, 0.05) is 15.8 Å². The average Bonchev–Trinajstić information content (AvgIpc) is 3.21. The van der Waals surface area contributed by atoms with Crippen LogP contribution in [0.25, 0.3) is 16.7 Å². The molecular formula is C24H18Cl2N4OS. The van der Waals surface area contributed by atoms with Crippen LogP contribution in [0.4, 0.5) is 0 Å². The molecule has 0 aliphatic heterocycles. The SMILES string of the molecule is Cc1ccc(Cn2c(=O)c3ccccc3n3c(SCc4c(Cl)cccc4Cl)nnc23)cc1. The predicted molar refractivity (Wildman–Crippen MR) is 131 cm³/mol. The first-order valence-electron chi connectivity index (χ1n) is 10.0. The van der Waals surface area contributed by atoms with Crippen molar-refractivity contribution in [2.24, 2.45) is 0 Å². The van der Waals surface area contributed by atoms with Gasteiger partial charge in [0.25, 0.3) is 5.56 Å². The molecule has 0 N–H and O–H groups in total. The second-order valence-corrected chi connectivity index (χ2v) is 9.26. The van der Waals surface area contributed by atoms with Crippen molar-refractivity contribution in [1.82, 2.24) is 19.2 Å². The summed E-state index contributed by atoms with van der Waals surface area (Å²) in [5, 5.41) is 11.3. The van der Waals surface area contributed by atoms with Crippen molar-refractivity contribution < 1.29 is 0 Å². The van der Waals surface area contributed by atoms with Crippen molar-refractivity contribution in [1.29, 1.82) is 0 Å². The summed E-state index contributed by atoms with van der Waals surface area (Å²) in [6, 6.07) is 21.1. The summed E-state index contributed by atoms with van der Waals surface area (Å²) in [5.41, 5.74) is 3.71. The Labute approximate surface area is 198 Å². The normalized spacial score (nSPS) is 11.5. The Hall–Kier alpha value is -2.80. The van der Waals surface area contributed by atoms with Crippen molar-refractivity contribution >= 4 is 51.6 Å². The van der Waals surface area contributed by atoms with Crippen molar-refractivity contribution in [2.75, 3.05) is 0 Å². The van der Waals surface area contributed by atoms with Crippen LogP contribution in [-0.4, -0.2) is 19.2 Å². The van der Waals surface area contributed by atoms with E-state index in [9.17, 15) is 4.79 Å². The first-order chi connectivity index (χ1) is 15.5. The van der Waals surface area contributed by atoms with Gasteiger partial charge < -0.3 is 0 Å². The number of nitrogens with zero attached hydrogens (tertiary/aromatic N) is 4. The highest BCUT2D eigenvalue weighted by molar-refractivity contribution is 7.98. The molecule has 160 valence electrons. The molecule has 0 aliphatic carbocycles. The van der Waals surface area contributed by atoms with E-state index in [1.165, 1.54) is 17.3 Å². The minimum Gasteiger partial charge on any atom is -0.272 e. The van der Waals surface area contributed by atoms with Gasteiger partial charge in [-0.3, -0.25) is 13.8 Å². The zero-order chi connectivity index (χ0) is 22.2. The number of halogens is 2. The quantitative estimate of drug-likeness (QED) is 0.289. The lowest BCUT2D eigenvalue weighted by Crippen LogP contribution is -2.24. The minimum absolute atomic E-state index is 0.0910. The van der Waals surface area contributed by atoms with Gasteiger partial charge in [0.2, 0.25) is 5.78 Å². The van der Waals surface area contributed by atoms with Crippen molar-refractivity contribution in [2.45, 2.75) is 24.4 Å². The monoisotopic (exact) mass is 480 g/mol. The van der Waals surface area contributed by atoms with E-state index in [-0.39, 0.29) is 5.56 Å². The van der Waals surface area contributed by atoms with E-state index < -0.39 is 0 Å². The molecular weight excluding hydrogens is 463 g/mol. The summed E-state index contributed by atoms with van der Waals surface area (Å²) in [4.78, 5) is 13.3. The summed E-state index contributed by atoms with van der Waals surface area (Å²) >= 11 is 14.2. The highest BCUT2D eigenvalue weighted by atomic mass is 35.5. The second-order valence-electron chi connectivity index (χ2n) is 7.50. The maximum Gasteiger partial charge on any atom is 0.263 e. The minimum atomic E-state index is -0.0910. The van der Waals surface area contributed by atoms with Gasteiger partial charge in [-0.2, -0.15) is 0 Å². The fourth-order valence-corrected chi connectivity index (χ4v) is 5.33. The predicted octanol–water partition coefficient (Wildman–Crippen LogP) is 6.00. The Bertz CT molecular complexity index is 1490. The zero-order valence-electron chi connectivity index (χ0n) is 17.1. The summed E-state index contributed by atoms with van der Waals surface area (Å²) in [7, 11) is 0. The lowest BCUT2D eigenvalue weighted by molar-refractivity contribution is 0.763. The van der Waals surface area contributed by atoms with Gasteiger partial charge in [0.1, 0.15) is 0 Å². The highest BCUT2D eigenvalue weighted by Crippen LogP contribution is 2.31. The molecule has 0 bridgehead atoms. The van der Waals surface area contributed by atoms with Gasteiger partial charge >= 0.3 is 0 Å². The van der Waals surface area contributed by atoms with Crippen LogP contribution in [0.1, 0.15) is 16.7 Å². The van der Waals surface area contributed by atoms with Crippen molar-refractivity contribution in [3.63, 3.8) is 0 Å². The molecule has 0 saturated heterocycles. The van der Waals surface area contributed by atoms with Gasteiger partial charge in [-0.05, 0) is 42.3 Å². The Morgan fingerprint density at radius 1 is 0.906 bits per heavy atom. The number of hydrogen-bond donors (Lipinski definition) is 0. The lowest BCUT2D eigenvalue weighted by atomic mass is 10.1. The number of thioether (sulfide) groups is 1. The number of aryl methyl sites for hydroxylation is 1. The third kappa shape index (κ3) is 3.79. The van der Waals surface area contributed by atoms with Crippen LogP contribution in [0.2, 0.25) is 10.0 Å². The molecule has 0 spiro atoms. The van der Waals surface area contributed by atoms with Crippen LogP contribution in [0, 0.1) is 6.92 Å². The van der Waals surface area contributed by atoms with E-state index >= 15 is 0 Å². The van der Waals surface area contributed by atoms with Crippen LogP contribution in [0.15, 0.2) is 76.7 Å². The van der Waals surface area contributed by atoms with E-state index in [1.54, 1.807) is 4.57 Å². The topological polar surface area (TPSA) is 52.2 Å². The van der Waals surface area contributed by atoms with E-state index in [1.807, 2.05) is 78.1 Å². The van der Waals surface area contributed by atoms with Gasteiger partial charge in [0.15, 0.2) is 5.16 Å².